The second-order valence-corrected chi connectivity index (χ2v) is 5.76. The Morgan fingerprint density at radius 1 is 1.50 bits per heavy atom. The summed E-state index contributed by atoms with van der Waals surface area (Å²) in [5, 5.41) is 7.55. The zero-order valence-corrected chi connectivity index (χ0v) is 12.2. The highest BCUT2D eigenvalue weighted by molar-refractivity contribution is 6.30. The highest BCUT2D eigenvalue weighted by atomic mass is 35.5. The van der Waals surface area contributed by atoms with Crippen molar-refractivity contribution in [3.8, 4) is 5.69 Å². The molecule has 0 aliphatic heterocycles. The Kier molecular flexibility index (Phi) is 4.11. The molecule has 1 aromatic heterocycles. The molecule has 20 heavy (non-hydrogen) atoms. The largest absolute Gasteiger partial charge is 0.350 e. The van der Waals surface area contributed by atoms with Crippen LogP contribution < -0.4 is 11.1 Å². The molecule has 0 fully saturated rings. The maximum absolute atomic E-state index is 12.0. The zero-order valence-electron chi connectivity index (χ0n) is 11.4. The van der Waals surface area contributed by atoms with Gasteiger partial charge >= 0.3 is 0 Å². The topological polar surface area (TPSA) is 72.9 Å². The van der Waals surface area contributed by atoms with Crippen LogP contribution in [-0.2, 0) is 0 Å². The van der Waals surface area contributed by atoms with Crippen molar-refractivity contribution in [3.63, 3.8) is 0 Å². The lowest BCUT2D eigenvalue weighted by Crippen LogP contribution is -2.45. The molecule has 0 bridgehead atoms. The number of nitrogens with one attached hydrogen (secondary N) is 1. The summed E-state index contributed by atoms with van der Waals surface area (Å²) in [5.74, 6) is -0.197. The van der Waals surface area contributed by atoms with Crippen LogP contribution in [0.3, 0.4) is 0 Å². The van der Waals surface area contributed by atoms with Crippen LogP contribution in [0.5, 0.6) is 0 Å². The molecule has 0 saturated carbocycles. The van der Waals surface area contributed by atoms with Crippen molar-refractivity contribution in [2.24, 2.45) is 5.73 Å². The van der Waals surface area contributed by atoms with Gasteiger partial charge in [-0.3, -0.25) is 4.79 Å². The van der Waals surface area contributed by atoms with Gasteiger partial charge in [-0.1, -0.05) is 17.7 Å². The molecule has 2 rings (SSSR count). The number of aromatic nitrogens is 2. The number of hydrogen-bond acceptors (Lipinski definition) is 3. The van der Waals surface area contributed by atoms with Gasteiger partial charge in [-0.2, -0.15) is 5.10 Å². The molecular weight excluding hydrogens is 276 g/mol. The highest BCUT2D eigenvalue weighted by Crippen LogP contribution is 2.14. The maximum atomic E-state index is 12.0. The van der Waals surface area contributed by atoms with Crippen molar-refractivity contribution in [1.29, 1.82) is 0 Å². The Hall–Kier alpha value is -1.85. The summed E-state index contributed by atoms with van der Waals surface area (Å²) in [7, 11) is 0. The van der Waals surface area contributed by atoms with Crippen LogP contribution in [0.15, 0.2) is 36.7 Å². The molecule has 6 heteroatoms. The first-order valence-corrected chi connectivity index (χ1v) is 6.61. The number of nitrogens with two attached hydrogens (primary N) is 1. The second-order valence-electron chi connectivity index (χ2n) is 5.32. The average molecular weight is 293 g/mol. The third-order valence-corrected chi connectivity index (χ3v) is 2.86. The van der Waals surface area contributed by atoms with E-state index in [9.17, 15) is 4.79 Å². The fourth-order valence-corrected chi connectivity index (χ4v) is 1.79. The lowest BCUT2D eigenvalue weighted by Gasteiger charge is -2.18. The molecule has 0 radical (unpaired) electrons. The third-order valence-electron chi connectivity index (χ3n) is 2.62. The molecule has 1 amide bonds. The average Bonchev–Trinajstić information content (AvgIpc) is 2.84. The van der Waals surface area contributed by atoms with E-state index in [2.05, 4.69) is 10.4 Å². The quantitative estimate of drug-likeness (QED) is 0.905. The van der Waals surface area contributed by atoms with E-state index < -0.39 is 5.54 Å². The minimum Gasteiger partial charge on any atom is -0.350 e. The van der Waals surface area contributed by atoms with Gasteiger partial charge in [0.25, 0.3) is 5.91 Å². The van der Waals surface area contributed by atoms with E-state index in [1.54, 1.807) is 23.0 Å². The zero-order chi connectivity index (χ0) is 14.8. The lowest BCUT2D eigenvalue weighted by atomic mass is 10.1. The van der Waals surface area contributed by atoms with E-state index in [0.717, 1.165) is 5.69 Å². The Bertz CT molecular complexity index is 616. The highest BCUT2D eigenvalue weighted by Gasteiger charge is 2.14. The normalized spacial score (nSPS) is 11.4. The number of benzene rings is 1. The van der Waals surface area contributed by atoms with Gasteiger partial charge < -0.3 is 11.1 Å². The van der Waals surface area contributed by atoms with E-state index in [-0.39, 0.29) is 5.91 Å². The Labute approximate surface area is 122 Å². The fraction of sp³-hybridized carbons (Fsp3) is 0.286. The van der Waals surface area contributed by atoms with Crippen LogP contribution in [0.25, 0.3) is 5.69 Å². The van der Waals surface area contributed by atoms with Crippen LogP contribution in [0, 0.1) is 0 Å². The minimum atomic E-state index is -0.446. The Morgan fingerprint density at radius 2 is 2.25 bits per heavy atom. The van der Waals surface area contributed by atoms with Crippen LogP contribution >= 0.6 is 11.6 Å². The number of hydrogen-bond donors (Lipinski definition) is 2. The standard InChI is InChI=1S/C14H17ClN4O/c1-14(2,16)9-17-13(20)10-7-18-19(8-10)12-5-3-4-11(15)6-12/h3-8H,9,16H2,1-2H3,(H,17,20). The van der Waals surface area contributed by atoms with Gasteiger partial charge in [0.05, 0.1) is 17.4 Å². The summed E-state index contributed by atoms with van der Waals surface area (Å²) in [5.41, 5.74) is 6.66. The molecule has 2 aromatic rings. The SMILES string of the molecule is CC(C)(N)CNC(=O)c1cnn(-c2cccc(Cl)c2)c1. The molecule has 0 saturated heterocycles. The molecule has 0 aliphatic carbocycles. The molecule has 1 aromatic carbocycles. The third kappa shape index (κ3) is 3.82. The van der Waals surface area contributed by atoms with Crippen molar-refractivity contribution in [2.75, 3.05) is 6.54 Å². The van der Waals surface area contributed by atoms with E-state index in [1.165, 1.54) is 6.20 Å². The van der Waals surface area contributed by atoms with Crippen molar-refractivity contribution < 1.29 is 4.79 Å². The van der Waals surface area contributed by atoms with Gasteiger partial charge in [0, 0.05) is 23.3 Å². The Balaban J connectivity index is 2.11. The first-order chi connectivity index (χ1) is 9.35. The van der Waals surface area contributed by atoms with Gasteiger partial charge in [0.15, 0.2) is 0 Å². The van der Waals surface area contributed by atoms with Crippen LogP contribution in [0.2, 0.25) is 5.02 Å². The first-order valence-electron chi connectivity index (χ1n) is 6.23. The lowest BCUT2D eigenvalue weighted by molar-refractivity contribution is 0.0946. The molecule has 0 spiro atoms. The molecule has 5 nitrogen and oxygen atoms in total. The maximum Gasteiger partial charge on any atom is 0.254 e. The summed E-state index contributed by atoms with van der Waals surface area (Å²) < 4.78 is 1.61. The molecule has 0 atom stereocenters. The van der Waals surface area contributed by atoms with Crippen LogP contribution in [-0.4, -0.2) is 27.8 Å². The van der Waals surface area contributed by atoms with Gasteiger partial charge in [-0.05, 0) is 32.0 Å². The number of halogens is 1. The minimum absolute atomic E-state index is 0.197. The predicted molar refractivity (Wildman–Crippen MR) is 79.2 cm³/mol. The molecular formula is C14H17ClN4O. The Morgan fingerprint density at radius 3 is 2.90 bits per heavy atom. The van der Waals surface area contributed by atoms with Gasteiger partial charge in [0.2, 0.25) is 0 Å². The smallest absolute Gasteiger partial charge is 0.254 e. The van der Waals surface area contributed by atoms with Crippen molar-refractivity contribution >= 4 is 17.5 Å². The van der Waals surface area contributed by atoms with Crippen molar-refractivity contribution in [1.82, 2.24) is 15.1 Å². The first kappa shape index (κ1) is 14.6. The predicted octanol–water partition coefficient (Wildman–Crippen LogP) is 1.99. The fourth-order valence-electron chi connectivity index (χ4n) is 1.61. The van der Waals surface area contributed by atoms with Crippen molar-refractivity contribution in [2.45, 2.75) is 19.4 Å². The molecule has 0 aliphatic rings. The molecule has 3 N–H and O–H groups in total. The summed E-state index contributed by atoms with van der Waals surface area (Å²) in [6.07, 6.45) is 3.17. The summed E-state index contributed by atoms with van der Waals surface area (Å²) in [6, 6.07) is 7.25. The number of carbonyl (C=O) groups excluding carboxylic acids is 1. The number of carbonyl (C=O) groups is 1. The summed E-state index contributed by atoms with van der Waals surface area (Å²) in [6.45, 7) is 4.10. The monoisotopic (exact) mass is 292 g/mol. The number of nitrogens with zero attached hydrogens (tertiary/aromatic N) is 2. The molecule has 1 heterocycles. The van der Waals surface area contributed by atoms with E-state index in [1.807, 2.05) is 26.0 Å². The second kappa shape index (κ2) is 5.64. The van der Waals surface area contributed by atoms with Crippen molar-refractivity contribution in [3.05, 3.63) is 47.2 Å². The summed E-state index contributed by atoms with van der Waals surface area (Å²) >= 11 is 5.93. The van der Waals surface area contributed by atoms with E-state index in [0.29, 0.717) is 17.1 Å². The number of amides is 1. The van der Waals surface area contributed by atoms with Crippen LogP contribution in [0.4, 0.5) is 0 Å². The molecule has 0 unspecified atom stereocenters. The van der Waals surface area contributed by atoms with Gasteiger partial charge in [0.1, 0.15) is 0 Å². The summed E-state index contributed by atoms with van der Waals surface area (Å²) in [4.78, 5) is 12.0. The molecule has 106 valence electrons. The number of rotatable bonds is 4. The van der Waals surface area contributed by atoms with Gasteiger partial charge in [-0.25, -0.2) is 4.68 Å². The van der Waals surface area contributed by atoms with E-state index >= 15 is 0 Å². The van der Waals surface area contributed by atoms with E-state index in [4.69, 9.17) is 17.3 Å². The van der Waals surface area contributed by atoms with Gasteiger partial charge in [-0.15, -0.1) is 0 Å². The van der Waals surface area contributed by atoms with Crippen LogP contribution in [0.1, 0.15) is 24.2 Å².